The van der Waals surface area contributed by atoms with Crippen molar-refractivity contribution in [3.8, 4) is 0 Å². The van der Waals surface area contributed by atoms with Crippen molar-refractivity contribution in [3.05, 3.63) is 0 Å². The van der Waals surface area contributed by atoms with E-state index >= 15 is 0 Å². The summed E-state index contributed by atoms with van der Waals surface area (Å²) in [6, 6.07) is 1.27. The molecule has 1 saturated carbocycles. The van der Waals surface area contributed by atoms with Gasteiger partial charge in [0, 0.05) is 38.4 Å². The van der Waals surface area contributed by atoms with Gasteiger partial charge in [0.1, 0.15) is 0 Å². The van der Waals surface area contributed by atoms with Crippen LogP contribution in [-0.4, -0.2) is 62.5 Å². The fourth-order valence-corrected chi connectivity index (χ4v) is 3.55. The summed E-state index contributed by atoms with van der Waals surface area (Å²) in [7, 11) is 0. The third-order valence-electron chi connectivity index (χ3n) is 4.63. The standard InChI is InChI=1S/C16H32N2O2/c1-3-19-11-6-9-17-13-14(2)18-10-12-20-16-8-5-4-7-15(16)18/h14-17H,3-13H2,1-2H3. The van der Waals surface area contributed by atoms with Crippen LogP contribution in [0.2, 0.25) is 0 Å². The Morgan fingerprint density at radius 2 is 2.20 bits per heavy atom. The predicted octanol–water partition coefficient (Wildman–Crippen LogP) is 2.03. The molecule has 0 amide bonds. The van der Waals surface area contributed by atoms with Crippen LogP contribution in [0.25, 0.3) is 0 Å². The maximum absolute atomic E-state index is 5.95. The number of rotatable bonds is 8. The van der Waals surface area contributed by atoms with Gasteiger partial charge >= 0.3 is 0 Å². The fraction of sp³-hybridized carbons (Fsp3) is 1.00. The van der Waals surface area contributed by atoms with Gasteiger partial charge in [-0.3, -0.25) is 4.90 Å². The summed E-state index contributed by atoms with van der Waals surface area (Å²) in [5.74, 6) is 0. The molecule has 1 N–H and O–H groups in total. The number of nitrogens with one attached hydrogen (secondary N) is 1. The SMILES string of the molecule is CCOCCCNCC(C)N1CCOC2CCCCC21. The molecule has 0 aromatic heterocycles. The monoisotopic (exact) mass is 284 g/mol. The zero-order valence-corrected chi connectivity index (χ0v) is 13.3. The summed E-state index contributed by atoms with van der Waals surface area (Å²) in [5, 5.41) is 3.57. The molecular weight excluding hydrogens is 252 g/mol. The molecule has 2 rings (SSSR count). The minimum Gasteiger partial charge on any atom is -0.382 e. The Kier molecular flexibility index (Phi) is 7.28. The van der Waals surface area contributed by atoms with Gasteiger partial charge < -0.3 is 14.8 Å². The van der Waals surface area contributed by atoms with Crippen molar-refractivity contribution in [3.63, 3.8) is 0 Å². The Morgan fingerprint density at radius 1 is 1.35 bits per heavy atom. The van der Waals surface area contributed by atoms with Crippen molar-refractivity contribution in [1.82, 2.24) is 10.2 Å². The van der Waals surface area contributed by atoms with Crippen molar-refractivity contribution in [1.29, 1.82) is 0 Å². The van der Waals surface area contributed by atoms with E-state index in [2.05, 4.69) is 24.1 Å². The highest BCUT2D eigenvalue weighted by atomic mass is 16.5. The second-order valence-electron chi connectivity index (χ2n) is 6.10. The van der Waals surface area contributed by atoms with Crippen molar-refractivity contribution in [2.75, 3.05) is 39.5 Å². The Bertz CT molecular complexity index is 261. The maximum Gasteiger partial charge on any atom is 0.0731 e. The molecule has 0 aromatic carbocycles. The second kappa shape index (κ2) is 8.98. The quantitative estimate of drug-likeness (QED) is 0.692. The van der Waals surface area contributed by atoms with Crippen LogP contribution in [0.3, 0.4) is 0 Å². The van der Waals surface area contributed by atoms with Gasteiger partial charge in [-0.2, -0.15) is 0 Å². The summed E-state index contributed by atoms with van der Waals surface area (Å²) in [4.78, 5) is 2.68. The Balaban J connectivity index is 1.66. The first-order valence-corrected chi connectivity index (χ1v) is 8.48. The van der Waals surface area contributed by atoms with Crippen molar-refractivity contribution in [2.45, 2.75) is 64.1 Å². The summed E-state index contributed by atoms with van der Waals surface area (Å²) in [6.45, 7) is 10.3. The minimum absolute atomic E-state index is 0.498. The van der Waals surface area contributed by atoms with Crippen LogP contribution < -0.4 is 5.32 Å². The summed E-state index contributed by atoms with van der Waals surface area (Å²) >= 11 is 0. The smallest absolute Gasteiger partial charge is 0.0731 e. The van der Waals surface area contributed by atoms with E-state index in [1.54, 1.807) is 0 Å². The number of morpholine rings is 1. The molecule has 1 aliphatic carbocycles. The van der Waals surface area contributed by atoms with E-state index in [1.165, 1.54) is 25.7 Å². The van der Waals surface area contributed by atoms with Crippen LogP contribution in [0.4, 0.5) is 0 Å². The molecule has 0 aromatic rings. The lowest BCUT2D eigenvalue weighted by Gasteiger charge is -2.46. The maximum atomic E-state index is 5.95. The Morgan fingerprint density at radius 3 is 3.05 bits per heavy atom. The molecule has 4 heteroatoms. The van der Waals surface area contributed by atoms with Crippen LogP contribution in [0.5, 0.6) is 0 Å². The number of hydrogen-bond acceptors (Lipinski definition) is 4. The number of fused-ring (bicyclic) bond motifs is 1. The van der Waals surface area contributed by atoms with Crippen LogP contribution in [0, 0.1) is 0 Å². The molecule has 0 spiro atoms. The lowest BCUT2D eigenvalue weighted by Crippen LogP contribution is -2.57. The van der Waals surface area contributed by atoms with Gasteiger partial charge in [0.15, 0.2) is 0 Å². The minimum atomic E-state index is 0.498. The van der Waals surface area contributed by atoms with E-state index in [0.717, 1.165) is 45.9 Å². The van der Waals surface area contributed by atoms with Crippen LogP contribution in [0.15, 0.2) is 0 Å². The van der Waals surface area contributed by atoms with Gasteiger partial charge in [-0.1, -0.05) is 12.8 Å². The molecule has 20 heavy (non-hydrogen) atoms. The Labute approximate surface area is 124 Å². The number of ether oxygens (including phenoxy) is 2. The van der Waals surface area contributed by atoms with Gasteiger partial charge in [-0.25, -0.2) is 0 Å². The van der Waals surface area contributed by atoms with E-state index in [1.807, 2.05) is 0 Å². The van der Waals surface area contributed by atoms with Gasteiger partial charge in [0.25, 0.3) is 0 Å². The molecule has 0 radical (unpaired) electrons. The highest BCUT2D eigenvalue weighted by molar-refractivity contribution is 4.90. The highest BCUT2D eigenvalue weighted by Gasteiger charge is 2.35. The predicted molar refractivity (Wildman–Crippen MR) is 82.1 cm³/mol. The van der Waals surface area contributed by atoms with E-state index in [-0.39, 0.29) is 0 Å². The van der Waals surface area contributed by atoms with Crippen LogP contribution in [-0.2, 0) is 9.47 Å². The van der Waals surface area contributed by atoms with Crippen LogP contribution in [0.1, 0.15) is 46.0 Å². The molecule has 4 nitrogen and oxygen atoms in total. The lowest BCUT2D eigenvalue weighted by atomic mass is 9.89. The largest absolute Gasteiger partial charge is 0.382 e. The third-order valence-corrected chi connectivity index (χ3v) is 4.63. The summed E-state index contributed by atoms with van der Waals surface area (Å²) in [6.07, 6.45) is 6.90. The molecule has 2 aliphatic rings. The average Bonchev–Trinajstić information content (AvgIpc) is 2.50. The zero-order chi connectivity index (χ0) is 14.2. The van der Waals surface area contributed by atoms with E-state index < -0.39 is 0 Å². The first-order chi connectivity index (χ1) is 9.83. The first-order valence-electron chi connectivity index (χ1n) is 8.48. The fourth-order valence-electron chi connectivity index (χ4n) is 3.55. The Hall–Kier alpha value is -0.160. The number of hydrogen-bond donors (Lipinski definition) is 1. The van der Waals surface area contributed by atoms with Crippen molar-refractivity contribution in [2.24, 2.45) is 0 Å². The molecule has 1 saturated heterocycles. The van der Waals surface area contributed by atoms with Gasteiger partial charge in [0.05, 0.1) is 12.7 Å². The molecule has 2 fully saturated rings. The molecule has 1 aliphatic heterocycles. The topological polar surface area (TPSA) is 33.7 Å². The number of nitrogens with zero attached hydrogens (tertiary/aromatic N) is 1. The molecule has 118 valence electrons. The molecule has 1 heterocycles. The van der Waals surface area contributed by atoms with Gasteiger partial charge in [-0.05, 0) is 39.7 Å². The highest BCUT2D eigenvalue weighted by Crippen LogP contribution is 2.29. The molecular formula is C16H32N2O2. The van der Waals surface area contributed by atoms with Gasteiger partial charge in [0.2, 0.25) is 0 Å². The molecule has 0 bridgehead atoms. The average molecular weight is 284 g/mol. The normalized spacial score (nSPS) is 29.1. The second-order valence-corrected chi connectivity index (χ2v) is 6.10. The first kappa shape index (κ1) is 16.2. The summed E-state index contributed by atoms with van der Waals surface area (Å²) in [5.41, 5.74) is 0. The van der Waals surface area contributed by atoms with E-state index in [9.17, 15) is 0 Å². The van der Waals surface area contributed by atoms with Gasteiger partial charge in [-0.15, -0.1) is 0 Å². The van der Waals surface area contributed by atoms with Crippen molar-refractivity contribution >= 4 is 0 Å². The van der Waals surface area contributed by atoms with E-state index in [4.69, 9.17) is 9.47 Å². The van der Waals surface area contributed by atoms with Crippen LogP contribution >= 0.6 is 0 Å². The van der Waals surface area contributed by atoms with Crippen molar-refractivity contribution < 1.29 is 9.47 Å². The molecule has 3 unspecified atom stereocenters. The molecule has 3 atom stereocenters. The zero-order valence-electron chi connectivity index (χ0n) is 13.3. The third kappa shape index (κ3) is 4.69. The summed E-state index contributed by atoms with van der Waals surface area (Å²) < 4.78 is 11.3. The lowest BCUT2D eigenvalue weighted by molar-refractivity contribution is -0.0997. The van der Waals surface area contributed by atoms with E-state index in [0.29, 0.717) is 18.2 Å².